The van der Waals surface area contributed by atoms with E-state index < -0.39 is 0 Å². The van der Waals surface area contributed by atoms with Crippen molar-refractivity contribution in [3.8, 4) is 11.5 Å². The van der Waals surface area contributed by atoms with Gasteiger partial charge in [0.1, 0.15) is 5.75 Å². The van der Waals surface area contributed by atoms with Crippen LogP contribution in [0.4, 0.5) is 11.4 Å². The maximum Gasteiger partial charge on any atom is 0.243 e. The minimum atomic E-state index is -0.132. The molecule has 0 saturated heterocycles. The van der Waals surface area contributed by atoms with Crippen molar-refractivity contribution >= 4 is 17.3 Å². The Morgan fingerprint density at radius 2 is 1.62 bits per heavy atom. The van der Waals surface area contributed by atoms with Gasteiger partial charge in [0.2, 0.25) is 5.91 Å². The summed E-state index contributed by atoms with van der Waals surface area (Å²) >= 11 is 0. The minimum absolute atomic E-state index is 0.132. The summed E-state index contributed by atoms with van der Waals surface area (Å²) in [4.78, 5) is 12.3. The molecule has 4 nitrogen and oxygen atoms in total. The van der Waals surface area contributed by atoms with Gasteiger partial charge >= 0.3 is 0 Å². The van der Waals surface area contributed by atoms with Crippen molar-refractivity contribution < 1.29 is 9.53 Å². The predicted octanol–water partition coefficient (Wildman–Crippen LogP) is 5.15. The quantitative estimate of drug-likeness (QED) is 0.649. The van der Waals surface area contributed by atoms with Crippen LogP contribution < -0.4 is 15.4 Å². The first-order valence-electron chi connectivity index (χ1n) is 8.55. The molecule has 0 radical (unpaired) electrons. The van der Waals surface area contributed by atoms with E-state index in [2.05, 4.69) is 24.5 Å². The molecule has 26 heavy (non-hydrogen) atoms. The molecular weight excluding hydrogens is 324 g/mol. The molecule has 0 fully saturated rings. The Morgan fingerprint density at radius 1 is 0.885 bits per heavy atom. The average Bonchev–Trinajstić information content (AvgIpc) is 2.65. The molecule has 2 N–H and O–H groups in total. The van der Waals surface area contributed by atoms with Gasteiger partial charge in [-0.1, -0.05) is 36.4 Å². The zero-order valence-corrected chi connectivity index (χ0v) is 15.0. The van der Waals surface area contributed by atoms with E-state index in [0.717, 1.165) is 11.4 Å². The smallest absolute Gasteiger partial charge is 0.243 e. The number of amides is 1. The molecule has 0 unspecified atom stereocenters. The van der Waals surface area contributed by atoms with Crippen LogP contribution in [0.5, 0.6) is 11.5 Å². The molecule has 132 valence electrons. The third-order valence-corrected chi connectivity index (χ3v) is 4.09. The van der Waals surface area contributed by atoms with E-state index in [1.165, 1.54) is 11.1 Å². The van der Waals surface area contributed by atoms with E-state index in [1.54, 1.807) is 0 Å². The molecule has 0 saturated carbocycles. The second-order valence-corrected chi connectivity index (χ2v) is 6.11. The van der Waals surface area contributed by atoms with Gasteiger partial charge in [-0.05, 0) is 61.4 Å². The zero-order valence-electron chi connectivity index (χ0n) is 15.0. The van der Waals surface area contributed by atoms with Gasteiger partial charge in [-0.2, -0.15) is 0 Å². The topological polar surface area (TPSA) is 50.4 Å². The van der Waals surface area contributed by atoms with Crippen molar-refractivity contribution in [2.75, 3.05) is 17.2 Å². The summed E-state index contributed by atoms with van der Waals surface area (Å²) in [6.07, 6.45) is 0. The summed E-state index contributed by atoms with van der Waals surface area (Å²) in [5.41, 5.74) is 3.99. The molecule has 0 aliphatic heterocycles. The van der Waals surface area contributed by atoms with E-state index in [-0.39, 0.29) is 12.5 Å². The molecule has 0 aliphatic rings. The van der Waals surface area contributed by atoms with Crippen LogP contribution in [0, 0.1) is 13.8 Å². The Bertz CT molecular complexity index is 892. The number of anilines is 2. The van der Waals surface area contributed by atoms with Crippen LogP contribution in [0.2, 0.25) is 0 Å². The SMILES string of the molecule is Cc1ccc(NCC(=O)Nc2ccccc2Oc2ccccc2)cc1C. The Kier molecular flexibility index (Phi) is 5.54. The van der Waals surface area contributed by atoms with Crippen LogP contribution in [0.15, 0.2) is 72.8 Å². The Labute approximate surface area is 153 Å². The number of carbonyl (C=O) groups excluding carboxylic acids is 1. The van der Waals surface area contributed by atoms with Gasteiger partial charge in [0, 0.05) is 5.69 Å². The molecule has 0 bridgehead atoms. The lowest BCUT2D eigenvalue weighted by atomic mass is 10.1. The molecule has 0 atom stereocenters. The van der Waals surface area contributed by atoms with Gasteiger partial charge < -0.3 is 15.4 Å². The van der Waals surface area contributed by atoms with Gasteiger partial charge in [-0.3, -0.25) is 4.79 Å². The molecule has 0 heterocycles. The minimum Gasteiger partial charge on any atom is -0.455 e. The van der Waals surface area contributed by atoms with Crippen LogP contribution >= 0.6 is 0 Å². The highest BCUT2D eigenvalue weighted by Crippen LogP contribution is 2.29. The number of carbonyl (C=O) groups is 1. The lowest BCUT2D eigenvalue weighted by molar-refractivity contribution is -0.114. The van der Waals surface area contributed by atoms with Crippen molar-refractivity contribution in [2.24, 2.45) is 0 Å². The molecule has 3 rings (SSSR count). The van der Waals surface area contributed by atoms with Gasteiger partial charge in [0.05, 0.1) is 12.2 Å². The monoisotopic (exact) mass is 346 g/mol. The fourth-order valence-electron chi connectivity index (χ4n) is 2.50. The van der Waals surface area contributed by atoms with E-state index in [1.807, 2.05) is 72.8 Å². The van der Waals surface area contributed by atoms with Crippen LogP contribution in [0.25, 0.3) is 0 Å². The number of benzene rings is 3. The van der Waals surface area contributed by atoms with Gasteiger partial charge in [0.25, 0.3) is 0 Å². The number of hydrogen-bond donors (Lipinski definition) is 2. The summed E-state index contributed by atoms with van der Waals surface area (Å²) in [6.45, 7) is 4.30. The zero-order chi connectivity index (χ0) is 18.4. The highest BCUT2D eigenvalue weighted by atomic mass is 16.5. The number of nitrogens with one attached hydrogen (secondary N) is 2. The third-order valence-electron chi connectivity index (χ3n) is 4.09. The summed E-state index contributed by atoms with van der Waals surface area (Å²) in [5.74, 6) is 1.20. The first kappa shape index (κ1) is 17.5. The van der Waals surface area contributed by atoms with E-state index in [9.17, 15) is 4.79 Å². The van der Waals surface area contributed by atoms with Crippen LogP contribution in [-0.2, 0) is 4.79 Å². The fraction of sp³-hybridized carbons (Fsp3) is 0.136. The molecule has 3 aromatic carbocycles. The lowest BCUT2D eigenvalue weighted by Gasteiger charge is -2.13. The maximum atomic E-state index is 12.3. The van der Waals surface area contributed by atoms with Crippen molar-refractivity contribution in [2.45, 2.75) is 13.8 Å². The number of aryl methyl sites for hydroxylation is 2. The van der Waals surface area contributed by atoms with Gasteiger partial charge in [-0.25, -0.2) is 0 Å². The Morgan fingerprint density at radius 3 is 2.38 bits per heavy atom. The highest BCUT2D eigenvalue weighted by molar-refractivity contribution is 5.95. The maximum absolute atomic E-state index is 12.3. The normalized spacial score (nSPS) is 10.2. The summed E-state index contributed by atoms with van der Waals surface area (Å²) in [7, 11) is 0. The van der Waals surface area contributed by atoms with Gasteiger partial charge in [0.15, 0.2) is 5.75 Å². The third kappa shape index (κ3) is 4.63. The molecule has 0 aliphatic carbocycles. The second-order valence-electron chi connectivity index (χ2n) is 6.11. The molecule has 4 heteroatoms. The number of ether oxygens (including phenoxy) is 1. The number of rotatable bonds is 6. The summed E-state index contributed by atoms with van der Waals surface area (Å²) in [5, 5.41) is 6.05. The van der Waals surface area contributed by atoms with E-state index >= 15 is 0 Å². The summed E-state index contributed by atoms with van der Waals surface area (Å²) < 4.78 is 5.87. The largest absolute Gasteiger partial charge is 0.455 e. The molecule has 1 amide bonds. The molecule has 3 aromatic rings. The van der Waals surface area contributed by atoms with Crippen molar-refractivity contribution in [3.05, 3.63) is 83.9 Å². The van der Waals surface area contributed by atoms with E-state index in [4.69, 9.17) is 4.74 Å². The van der Waals surface area contributed by atoms with Crippen LogP contribution in [0.3, 0.4) is 0 Å². The lowest BCUT2D eigenvalue weighted by Crippen LogP contribution is -2.22. The van der Waals surface area contributed by atoms with Crippen molar-refractivity contribution in [3.63, 3.8) is 0 Å². The van der Waals surface area contributed by atoms with Gasteiger partial charge in [-0.15, -0.1) is 0 Å². The van der Waals surface area contributed by atoms with Crippen molar-refractivity contribution in [1.82, 2.24) is 0 Å². The standard InChI is InChI=1S/C22H22N2O2/c1-16-12-13-18(14-17(16)2)23-15-22(25)24-20-10-6-7-11-21(20)26-19-8-4-3-5-9-19/h3-14,23H,15H2,1-2H3,(H,24,25). The Balaban J connectivity index is 1.63. The second kappa shape index (κ2) is 8.21. The van der Waals surface area contributed by atoms with Crippen molar-refractivity contribution in [1.29, 1.82) is 0 Å². The fourth-order valence-corrected chi connectivity index (χ4v) is 2.50. The summed E-state index contributed by atoms with van der Waals surface area (Å²) in [6, 6.07) is 22.9. The predicted molar refractivity (Wildman–Crippen MR) is 106 cm³/mol. The van der Waals surface area contributed by atoms with Crippen LogP contribution in [-0.4, -0.2) is 12.5 Å². The highest BCUT2D eigenvalue weighted by Gasteiger charge is 2.08. The van der Waals surface area contributed by atoms with Crippen LogP contribution in [0.1, 0.15) is 11.1 Å². The number of hydrogen-bond acceptors (Lipinski definition) is 3. The average molecular weight is 346 g/mol. The first-order chi connectivity index (χ1) is 12.6. The molecular formula is C22H22N2O2. The Hall–Kier alpha value is -3.27. The molecule has 0 aromatic heterocycles. The molecule has 0 spiro atoms. The first-order valence-corrected chi connectivity index (χ1v) is 8.55. The van der Waals surface area contributed by atoms with E-state index in [0.29, 0.717) is 11.4 Å². The number of para-hydroxylation sites is 3.